The highest BCUT2D eigenvalue weighted by molar-refractivity contribution is 5.86. The average Bonchev–Trinajstić information content (AvgIpc) is 2.17. The molecule has 1 atom stereocenters. The molecule has 5 heteroatoms. The molecule has 0 bridgehead atoms. The first-order chi connectivity index (χ1) is 7.00. The van der Waals surface area contributed by atoms with Crippen LogP contribution >= 0.6 is 0 Å². The molecule has 1 heterocycles. The molecule has 0 aromatic rings. The van der Waals surface area contributed by atoms with Crippen LogP contribution in [0.1, 0.15) is 26.2 Å². The van der Waals surface area contributed by atoms with Crippen LogP contribution in [0.5, 0.6) is 0 Å². The van der Waals surface area contributed by atoms with E-state index in [-0.39, 0.29) is 12.3 Å². The average molecular weight is 214 g/mol. The third-order valence-corrected chi connectivity index (χ3v) is 2.81. The number of nitrogens with two attached hydrogens (primary N) is 1. The number of likely N-dealkylation sites (tertiary alicyclic amines) is 1. The maximum absolute atomic E-state index is 11.7. The molecule has 1 rings (SSSR count). The van der Waals surface area contributed by atoms with Crippen LogP contribution in [-0.4, -0.2) is 41.0 Å². The number of amides is 1. The summed E-state index contributed by atoms with van der Waals surface area (Å²) in [6, 6.07) is -0.893. The van der Waals surface area contributed by atoms with Crippen LogP contribution in [0.15, 0.2) is 0 Å². The van der Waals surface area contributed by atoms with Crippen molar-refractivity contribution in [3.8, 4) is 0 Å². The Balaban J connectivity index is 2.42. The van der Waals surface area contributed by atoms with E-state index in [9.17, 15) is 9.59 Å². The second-order valence-electron chi connectivity index (χ2n) is 4.21. The minimum atomic E-state index is -1.03. The van der Waals surface area contributed by atoms with Crippen molar-refractivity contribution in [1.29, 1.82) is 0 Å². The molecule has 0 radical (unpaired) electrons. The number of carboxylic acid groups (broad SMARTS) is 1. The molecule has 86 valence electrons. The minimum absolute atomic E-state index is 0.232. The molecule has 3 N–H and O–H groups in total. The topological polar surface area (TPSA) is 83.6 Å². The smallest absolute Gasteiger partial charge is 0.305 e. The molecule has 0 aromatic heterocycles. The third-order valence-electron chi connectivity index (χ3n) is 2.81. The molecule has 1 aliphatic rings. The Morgan fingerprint density at radius 3 is 2.47 bits per heavy atom. The number of piperidine rings is 1. The van der Waals surface area contributed by atoms with Crippen LogP contribution in [0.2, 0.25) is 0 Å². The molecule has 0 spiro atoms. The zero-order valence-electron chi connectivity index (χ0n) is 8.98. The van der Waals surface area contributed by atoms with E-state index < -0.39 is 12.0 Å². The van der Waals surface area contributed by atoms with Crippen molar-refractivity contribution < 1.29 is 14.7 Å². The van der Waals surface area contributed by atoms with Gasteiger partial charge in [0.15, 0.2) is 0 Å². The number of carbonyl (C=O) groups is 2. The van der Waals surface area contributed by atoms with E-state index in [1.165, 1.54) is 0 Å². The van der Waals surface area contributed by atoms with Gasteiger partial charge in [-0.25, -0.2) is 0 Å². The summed E-state index contributed by atoms with van der Waals surface area (Å²) in [5, 5.41) is 8.52. The lowest BCUT2D eigenvalue weighted by atomic mass is 9.98. The molecule has 15 heavy (non-hydrogen) atoms. The fourth-order valence-electron chi connectivity index (χ4n) is 1.74. The van der Waals surface area contributed by atoms with E-state index in [1.54, 1.807) is 4.90 Å². The van der Waals surface area contributed by atoms with Crippen LogP contribution < -0.4 is 5.73 Å². The number of hydrogen-bond acceptors (Lipinski definition) is 3. The molecule has 0 saturated carbocycles. The summed E-state index contributed by atoms with van der Waals surface area (Å²) >= 11 is 0. The maximum Gasteiger partial charge on any atom is 0.305 e. The lowest BCUT2D eigenvalue weighted by Crippen LogP contribution is -2.47. The number of aliphatic carboxylic acids is 1. The zero-order chi connectivity index (χ0) is 11.4. The molecular formula is C10H18N2O3. The molecule has 0 unspecified atom stereocenters. The Morgan fingerprint density at radius 2 is 2.00 bits per heavy atom. The van der Waals surface area contributed by atoms with E-state index in [0.29, 0.717) is 19.0 Å². The van der Waals surface area contributed by atoms with Crippen molar-refractivity contribution >= 4 is 11.9 Å². The van der Waals surface area contributed by atoms with Gasteiger partial charge >= 0.3 is 5.97 Å². The third kappa shape index (κ3) is 3.51. The minimum Gasteiger partial charge on any atom is -0.481 e. The summed E-state index contributed by atoms with van der Waals surface area (Å²) in [5.74, 6) is -0.615. The highest BCUT2D eigenvalue weighted by Crippen LogP contribution is 2.16. The van der Waals surface area contributed by atoms with Crippen molar-refractivity contribution in [1.82, 2.24) is 4.90 Å². The van der Waals surface area contributed by atoms with Gasteiger partial charge < -0.3 is 15.7 Å². The zero-order valence-corrected chi connectivity index (χ0v) is 8.98. The SMILES string of the molecule is CC1CCN(C(=O)[C@@H](N)CC(=O)O)CC1. The van der Waals surface area contributed by atoms with Gasteiger partial charge in [-0.1, -0.05) is 6.92 Å². The van der Waals surface area contributed by atoms with Crippen molar-refractivity contribution in [2.75, 3.05) is 13.1 Å². The van der Waals surface area contributed by atoms with Gasteiger partial charge in [-0.15, -0.1) is 0 Å². The number of carboxylic acids is 1. The molecule has 1 fully saturated rings. The normalized spacial score (nSPS) is 20.0. The summed E-state index contributed by atoms with van der Waals surface area (Å²) in [7, 11) is 0. The lowest BCUT2D eigenvalue weighted by Gasteiger charge is -2.31. The van der Waals surface area contributed by atoms with Crippen LogP contribution in [-0.2, 0) is 9.59 Å². The maximum atomic E-state index is 11.7. The highest BCUT2D eigenvalue weighted by Gasteiger charge is 2.25. The lowest BCUT2D eigenvalue weighted by molar-refractivity contribution is -0.142. The molecule has 1 amide bonds. The molecule has 5 nitrogen and oxygen atoms in total. The summed E-state index contributed by atoms with van der Waals surface area (Å²) < 4.78 is 0. The van der Waals surface area contributed by atoms with Crippen LogP contribution in [0.3, 0.4) is 0 Å². The first-order valence-electron chi connectivity index (χ1n) is 5.27. The quantitative estimate of drug-likeness (QED) is 0.695. The predicted octanol–water partition coefficient (Wildman–Crippen LogP) is 0.0469. The van der Waals surface area contributed by atoms with Crippen LogP contribution in [0.25, 0.3) is 0 Å². The van der Waals surface area contributed by atoms with Crippen molar-refractivity contribution in [2.45, 2.75) is 32.2 Å². The fourth-order valence-corrected chi connectivity index (χ4v) is 1.74. The van der Waals surface area contributed by atoms with Gasteiger partial charge in [-0.2, -0.15) is 0 Å². The van der Waals surface area contributed by atoms with Gasteiger partial charge in [0.05, 0.1) is 12.5 Å². The Hall–Kier alpha value is -1.10. The Kier molecular flexibility index (Phi) is 4.08. The molecule has 1 saturated heterocycles. The standard InChI is InChI=1S/C10H18N2O3/c1-7-2-4-12(5-3-7)10(15)8(11)6-9(13)14/h7-8H,2-6,11H2,1H3,(H,13,14)/t8-/m0/s1. The van der Waals surface area contributed by atoms with Crippen LogP contribution in [0.4, 0.5) is 0 Å². The molecule has 0 aliphatic carbocycles. The van der Waals surface area contributed by atoms with Crippen molar-refractivity contribution in [3.63, 3.8) is 0 Å². The van der Waals surface area contributed by atoms with E-state index in [2.05, 4.69) is 6.92 Å². The number of nitrogens with zero attached hydrogens (tertiary/aromatic N) is 1. The van der Waals surface area contributed by atoms with Crippen molar-refractivity contribution in [2.24, 2.45) is 11.7 Å². The van der Waals surface area contributed by atoms with Gasteiger partial charge in [-0.05, 0) is 18.8 Å². The van der Waals surface area contributed by atoms with Crippen molar-refractivity contribution in [3.05, 3.63) is 0 Å². The second kappa shape index (κ2) is 5.11. The van der Waals surface area contributed by atoms with E-state index in [1.807, 2.05) is 0 Å². The number of hydrogen-bond donors (Lipinski definition) is 2. The molecule has 1 aliphatic heterocycles. The van der Waals surface area contributed by atoms with Gasteiger partial charge in [-0.3, -0.25) is 9.59 Å². The predicted molar refractivity (Wildman–Crippen MR) is 55.2 cm³/mol. The van der Waals surface area contributed by atoms with Crippen LogP contribution in [0, 0.1) is 5.92 Å². The molecular weight excluding hydrogens is 196 g/mol. The Labute approximate surface area is 89.2 Å². The van der Waals surface area contributed by atoms with Gasteiger partial charge in [0.25, 0.3) is 0 Å². The van der Waals surface area contributed by atoms with E-state index in [0.717, 1.165) is 12.8 Å². The number of carbonyl (C=O) groups excluding carboxylic acids is 1. The summed E-state index contributed by atoms with van der Waals surface area (Å²) in [5.41, 5.74) is 5.51. The fraction of sp³-hybridized carbons (Fsp3) is 0.800. The Bertz CT molecular complexity index is 247. The van der Waals surface area contributed by atoms with Gasteiger partial charge in [0, 0.05) is 13.1 Å². The highest BCUT2D eigenvalue weighted by atomic mass is 16.4. The summed E-state index contributed by atoms with van der Waals surface area (Å²) in [6.07, 6.45) is 1.67. The molecule has 0 aromatic carbocycles. The summed E-state index contributed by atoms with van der Waals surface area (Å²) in [6.45, 7) is 3.56. The Morgan fingerprint density at radius 1 is 1.47 bits per heavy atom. The second-order valence-corrected chi connectivity index (χ2v) is 4.21. The first kappa shape index (κ1) is 12.0. The summed E-state index contributed by atoms with van der Waals surface area (Å²) in [4.78, 5) is 23.8. The van der Waals surface area contributed by atoms with Gasteiger partial charge in [0.2, 0.25) is 5.91 Å². The largest absolute Gasteiger partial charge is 0.481 e. The monoisotopic (exact) mass is 214 g/mol. The number of rotatable bonds is 3. The first-order valence-corrected chi connectivity index (χ1v) is 5.27. The van der Waals surface area contributed by atoms with Gasteiger partial charge in [0.1, 0.15) is 0 Å². The van der Waals surface area contributed by atoms with E-state index >= 15 is 0 Å². The van der Waals surface area contributed by atoms with E-state index in [4.69, 9.17) is 10.8 Å².